The van der Waals surface area contributed by atoms with E-state index < -0.39 is 11.1 Å². The number of carbonyl (C=O) groups excluding carboxylic acids is 2. The molecule has 2 amide bonds. The smallest absolute Gasteiger partial charge is 0.249 e. The first-order valence-electron chi connectivity index (χ1n) is 7.10. The van der Waals surface area contributed by atoms with Crippen LogP contribution >= 0.6 is 11.6 Å². The molecule has 0 aromatic heterocycles. The third kappa shape index (κ3) is 2.77. The van der Waals surface area contributed by atoms with Crippen molar-refractivity contribution in [3.05, 3.63) is 34.9 Å². The normalized spacial score (nSPS) is 24.9. The molecule has 5 heteroatoms. The zero-order valence-corrected chi connectivity index (χ0v) is 13.6. The zero-order chi connectivity index (χ0) is 15.8. The number of nitrogens with one attached hydrogen (secondary N) is 1. The van der Waals surface area contributed by atoms with E-state index in [1.807, 2.05) is 25.1 Å². The molecule has 0 aliphatic carbocycles. The summed E-state index contributed by atoms with van der Waals surface area (Å²) in [5, 5.41) is 3.48. The molecule has 0 radical (unpaired) electrons. The van der Waals surface area contributed by atoms with E-state index in [2.05, 4.69) is 5.32 Å². The van der Waals surface area contributed by atoms with Crippen LogP contribution in [0.3, 0.4) is 0 Å². The molecule has 0 spiro atoms. The highest BCUT2D eigenvalue weighted by molar-refractivity contribution is 6.30. The Morgan fingerprint density at radius 3 is 2.48 bits per heavy atom. The van der Waals surface area contributed by atoms with Gasteiger partial charge in [0.15, 0.2) is 0 Å². The van der Waals surface area contributed by atoms with E-state index in [1.165, 1.54) is 0 Å². The molecule has 1 saturated heterocycles. The first kappa shape index (κ1) is 15.8. The SMILES string of the molecule is CCC1(C)NC(=O)C(C)(C)N(Cc2cccc(Cl)c2)C1=O. The molecule has 1 atom stereocenters. The van der Waals surface area contributed by atoms with Crippen molar-refractivity contribution >= 4 is 23.4 Å². The van der Waals surface area contributed by atoms with Gasteiger partial charge in [-0.3, -0.25) is 9.59 Å². The monoisotopic (exact) mass is 308 g/mol. The molecule has 0 bridgehead atoms. The molecular formula is C16H21ClN2O2. The predicted molar refractivity (Wildman–Crippen MR) is 82.9 cm³/mol. The molecule has 0 saturated carbocycles. The standard InChI is InChI=1S/C16H21ClN2O2/c1-5-16(4)14(21)19(15(2,3)13(20)18-16)10-11-7-6-8-12(17)9-11/h6-9H,5,10H2,1-4H3,(H,18,20). The van der Waals surface area contributed by atoms with Crippen LogP contribution in [-0.2, 0) is 16.1 Å². The van der Waals surface area contributed by atoms with Crippen molar-refractivity contribution in [2.24, 2.45) is 0 Å². The highest BCUT2D eigenvalue weighted by Crippen LogP contribution is 2.30. The van der Waals surface area contributed by atoms with Gasteiger partial charge in [0, 0.05) is 11.6 Å². The van der Waals surface area contributed by atoms with Crippen molar-refractivity contribution in [2.45, 2.75) is 51.7 Å². The molecule has 2 rings (SSSR count). The van der Waals surface area contributed by atoms with Crippen LogP contribution in [0.1, 0.15) is 39.7 Å². The second-order valence-electron chi connectivity index (χ2n) is 6.22. The Bertz CT molecular complexity index is 585. The fraction of sp³-hybridized carbons (Fsp3) is 0.500. The molecule has 1 aromatic carbocycles. The van der Waals surface area contributed by atoms with Gasteiger partial charge in [0.25, 0.3) is 0 Å². The van der Waals surface area contributed by atoms with Gasteiger partial charge in [0.1, 0.15) is 11.1 Å². The molecular weight excluding hydrogens is 288 g/mol. The van der Waals surface area contributed by atoms with Gasteiger partial charge in [-0.05, 0) is 44.9 Å². The average molecular weight is 309 g/mol. The van der Waals surface area contributed by atoms with Crippen molar-refractivity contribution in [1.82, 2.24) is 10.2 Å². The third-order valence-electron chi connectivity index (χ3n) is 4.27. The fourth-order valence-corrected chi connectivity index (χ4v) is 2.67. The minimum absolute atomic E-state index is 0.0606. The number of rotatable bonds is 3. The summed E-state index contributed by atoms with van der Waals surface area (Å²) >= 11 is 6.00. The molecule has 1 fully saturated rings. The lowest BCUT2D eigenvalue weighted by Crippen LogP contribution is -2.72. The van der Waals surface area contributed by atoms with Crippen LogP contribution in [0, 0.1) is 0 Å². The van der Waals surface area contributed by atoms with Gasteiger partial charge in [-0.25, -0.2) is 0 Å². The van der Waals surface area contributed by atoms with Gasteiger partial charge in [-0.2, -0.15) is 0 Å². The summed E-state index contributed by atoms with van der Waals surface area (Å²) < 4.78 is 0. The summed E-state index contributed by atoms with van der Waals surface area (Å²) in [5.74, 6) is -0.192. The number of benzene rings is 1. The van der Waals surface area contributed by atoms with E-state index in [0.29, 0.717) is 18.0 Å². The Morgan fingerprint density at radius 1 is 1.24 bits per heavy atom. The van der Waals surface area contributed by atoms with Gasteiger partial charge < -0.3 is 10.2 Å². The number of nitrogens with zero attached hydrogens (tertiary/aromatic N) is 1. The highest BCUT2D eigenvalue weighted by atomic mass is 35.5. The molecule has 1 unspecified atom stereocenters. The summed E-state index contributed by atoms with van der Waals surface area (Å²) in [6.07, 6.45) is 0.555. The van der Waals surface area contributed by atoms with Crippen LogP contribution in [0.15, 0.2) is 24.3 Å². The molecule has 4 nitrogen and oxygen atoms in total. The lowest BCUT2D eigenvalue weighted by Gasteiger charge is -2.48. The van der Waals surface area contributed by atoms with Gasteiger partial charge in [0.05, 0.1) is 0 Å². The molecule has 1 N–H and O–H groups in total. The third-order valence-corrected chi connectivity index (χ3v) is 4.51. The van der Waals surface area contributed by atoms with Crippen molar-refractivity contribution in [3.63, 3.8) is 0 Å². The van der Waals surface area contributed by atoms with E-state index in [4.69, 9.17) is 11.6 Å². The highest BCUT2D eigenvalue weighted by Gasteiger charge is 2.51. The molecule has 21 heavy (non-hydrogen) atoms. The second kappa shape index (κ2) is 5.34. The maximum absolute atomic E-state index is 12.8. The van der Waals surface area contributed by atoms with Crippen LogP contribution in [0.25, 0.3) is 0 Å². The number of hydrogen-bond acceptors (Lipinski definition) is 2. The van der Waals surface area contributed by atoms with E-state index in [1.54, 1.807) is 31.7 Å². The summed E-state index contributed by atoms with van der Waals surface area (Å²) in [5.41, 5.74) is -0.809. The molecule has 1 aliphatic rings. The lowest BCUT2D eigenvalue weighted by molar-refractivity contribution is -0.161. The molecule has 1 aliphatic heterocycles. The fourth-order valence-electron chi connectivity index (χ4n) is 2.46. The van der Waals surface area contributed by atoms with E-state index in [-0.39, 0.29) is 11.8 Å². The van der Waals surface area contributed by atoms with Gasteiger partial charge >= 0.3 is 0 Å². The van der Waals surface area contributed by atoms with Gasteiger partial charge in [0.2, 0.25) is 11.8 Å². The van der Waals surface area contributed by atoms with E-state index >= 15 is 0 Å². The summed E-state index contributed by atoms with van der Waals surface area (Å²) in [7, 11) is 0. The van der Waals surface area contributed by atoms with Crippen LogP contribution in [-0.4, -0.2) is 27.8 Å². The maximum atomic E-state index is 12.8. The van der Waals surface area contributed by atoms with Gasteiger partial charge in [-0.15, -0.1) is 0 Å². The number of piperazine rings is 1. The molecule has 1 heterocycles. The predicted octanol–water partition coefficient (Wildman–Crippen LogP) is 2.75. The van der Waals surface area contributed by atoms with Crippen LogP contribution in [0.2, 0.25) is 5.02 Å². The lowest BCUT2D eigenvalue weighted by atomic mass is 9.86. The van der Waals surface area contributed by atoms with Gasteiger partial charge in [-0.1, -0.05) is 30.7 Å². The van der Waals surface area contributed by atoms with E-state index in [0.717, 1.165) is 5.56 Å². The Labute approximate surface area is 130 Å². The number of hydrogen-bond donors (Lipinski definition) is 1. The topological polar surface area (TPSA) is 49.4 Å². The zero-order valence-electron chi connectivity index (χ0n) is 12.9. The maximum Gasteiger partial charge on any atom is 0.249 e. The van der Waals surface area contributed by atoms with Crippen LogP contribution in [0.4, 0.5) is 0 Å². The first-order chi connectivity index (χ1) is 9.70. The Kier molecular flexibility index (Phi) is 4.02. The van der Waals surface area contributed by atoms with Crippen molar-refractivity contribution in [2.75, 3.05) is 0 Å². The van der Waals surface area contributed by atoms with Crippen molar-refractivity contribution in [3.8, 4) is 0 Å². The first-order valence-corrected chi connectivity index (χ1v) is 7.47. The van der Waals surface area contributed by atoms with Crippen LogP contribution in [0.5, 0.6) is 0 Å². The Balaban J connectivity index is 2.37. The molecule has 1 aromatic rings. The summed E-state index contributed by atoms with van der Waals surface area (Å²) in [4.78, 5) is 26.8. The van der Waals surface area contributed by atoms with E-state index in [9.17, 15) is 9.59 Å². The van der Waals surface area contributed by atoms with Crippen molar-refractivity contribution in [1.29, 1.82) is 0 Å². The van der Waals surface area contributed by atoms with Crippen molar-refractivity contribution < 1.29 is 9.59 Å². The Hall–Kier alpha value is -1.55. The number of amides is 2. The largest absolute Gasteiger partial charge is 0.340 e. The van der Waals surface area contributed by atoms with Crippen LogP contribution < -0.4 is 5.32 Å². The molecule has 114 valence electrons. The minimum atomic E-state index is -0.881. The Morgan fingerprint density at radius 2 is 1.90 bits per heavy atom. The number of halogens is 1. The summed E-state index contributed by atoms with van der Waals surface area (Å²) in [6, 6.07) is 7.36. The minimum Gasteiger partial charge on any atom is -0.340 e. The number of carbonyl (C=O) groups is 2. The second-order valence-corrected chi connectivity index (χ2v) is 6.66. The summed E-state index contributed by atoms with van der Waals surface area (Å²) in [6.45, 7) is 7.57. The quantitative estimate of drug-likeness (QED) is 0.933. The average Bonchev–Trinajstić information content (AvgIpc) is 2.42.